The topological polar surface area (TPSA) is 40.5 Å². The molecular formula is C33H38ClNO2S. The molecule has 5 heteroatoms. The van der Waals surface area contributed by atoms with Crippen LogP contribution in [-0.2, 0) is 0 Å². The molecule has 1 N–H and O–H groups in total. The first-order chi connectivity index (χ1) is 18.3. The number of thioether (sulfide) groups is 1. The smallest absolute Gasteiger partial charge is 0.336 e. The highest BCUT2D eigenvalue weighted by Gasteiger charge is 2.25. The van der Waals surface area contributed by atoms with E-state index in [9.17, 15) is 9.90 Å². The van der Waals surface area contributed by atoms with Gasteiger partial charge in [-0.15, -0.1) is 11.8 Å². The van der Waals surface area contributed by atoms with Gasteiger partial charge in [0.15, 0.2) is 0 Å². The van der Waals surface area contributed by atoms with Crippen molar-refractivity contribution < 1.29 is 9.90 Å². The van der Waals surface area contributed by atoms with Crippen molar-refractivity contribution in [1.82, 2.24) is 0 Å². The molecule has 0 radical (unpaired) electrons. The third kappa shape index (κ3) is 6.30. The molecule has 0 heterocycles. The van der Waals surface area contributed by atoms with Crippen molar-refractivity contribution in [1.29, 1.82) is 0 Å². The molecule has 1 saturated carbocycles. The summed E-state index contributed by atoms with van der Waals surface area (Å²) in [5.41, 5.74) is 5.86. The Kier molecular flexibility index (Phi) is 9.62. The second-order valence-corrected chi connectivity index (χ2v) is 11.6. The number of carbonyl (C=O) groups is 1. The van der Waals surface area contributed by atoms with Crippen LogP contribution in [0.15, 0.2) is 65.6 Å². The average Bonchev–Trinajstić information content (AvgIpc) is 2.93. The number of carboxylic acids is 1. The highest BCUT2D eigenvalue weighted by atomic mass is 35.5. The Morgan fingerprint density at radius 3 is 2.47 bits per heavy atom. The lowest BCUT2D eigenvalue weighted by molar-refractivity contribution is 0.0696. The molecule has 3 aromatic rings. The normalized spacial score (nSPS) is 15.1. The summed E-state index contributed by atoms with van der Waals surface area (Å²) < 4.78 is 0. The second kappa shape index (κ2) is 12.9. The lowest BCUT2D eigenvalue weighted by atomic mass is 9.80. The van der Waals surface area contributed by atoms with Gasteiger partial charge >= 0.3 is 5.97 Å². The number of halogens is 1. The van der Waals surface area contributed by atoms with E-state index in [1.54, 1.807) is 17.8 Å². The minimum absolute atomic E-state index is 0.288. The van der Waals surface area contributed by atoms with Gasteiger partial charge in [-0.25, -0.2) is 4.79 Å². The third-order valence-electron chi connectivity index (χ3n) is 7.81. The van der Waals surface area contributed by atoms with Gasteiger partial charge in [0.25, 0.3) is 0 Å². The van der Waals surface area contributed by atoms with Gasteiger partial charge in [0.2, 0.25) is 0 Å². The molecule has 0 unspecified atom stereocenters. The lowest BCUT2D eigenvalue weighted by Gasteiger charge is -2.35. The molecule has 1 aliphatic carbocycles. The number of carboxylic acid groups (broad SMARTS) is 1. The van der Waals surface area contributed by atoms with E-state index in [-0.39, 0.29) is 5.56 Å². The summed E-state index contributed by atoms with van der Waals surface area (Å²) >= 11 is 8.69. The zero-order valence-corrected chi connectivity index (χ0v) is 24.4. The van der Waals surface area contributed by atoms with Crippen LogP contribution in [-0.4, -0.2) is 23.9 Å². The Labute approximate surface area is 236 Å². The number of para-hydroxylation sites is 1. The van der Waals surface area contributed by atoms with Crippen LogP contribution in [0, 0.1) is 18.8 Å². The Morgan fingerprint density at radius 2 is 1.84 bits per heavy atom. The van der Waals surface area contributed by atoms with Crippen molar-refractivity contribution in [2.75, 3.05) is 17.7 Å². The number of aryl methyl sites for hydroxylation is 1. The van der Waals surface area contributed by atoms with E-state index in [4.69, 9.17) is 11.6 Å². The number of hydrogen-bond acceptors (Lipinski definition) is 3. The van der Waals surface area contributed by atoms with Crippen molar-refractivity contribution in [2.24, 2.45) is 11.8 Å². The second-order valence-electron chi connectivity index (χ2n) is 10.4. The summed E-state index contributed by atoms with van der Waals surface area (Å²) in [7, 11) is 0. The molecular weight excluding hydrogens is 510 g/mol. The summed E-state index contributed by atoms with van der Waals surface area (Å²) in [5.74, 6) is 0.368. The summed E-state index contributed by atoms with van der Waals surface area (Å²) in [5, 5.41) is 10.5. The van der Waals surface area contributed by atoms with E-state index in [0.29, 0.717) is 10.9 Å². The van der Waals surface area contributed by atoms with Crippen LogP contribution in [0.3, 0.4) is 0 Å². The molecule has 0 aliphatic heterocycles. The van der Waals surface area contributed by atoms with Crippen molar-refractivity contribution in [3.63, 3.8) is 0 Å². The summed E-state index contributed by atoms with van der Waals surface area (Å²) in [6, 6.07) is 18.5. The molecule has 0 bridgehead atoms. The minimum Gasteiger partial charge on any atom is -0.478 e. The number of allylic oxidation sites excluding steroid dienone is 1. The van der Waals surface area contributed by atoms with Gasteiger partial charge in [0.1, 0.15) is 0 Å². The van der Waals surface area contributed by atoms with E-state index in [1.807, 2.05) is 32.1 Å². The first-order valence-electron chi connectivity index (χ1n) is 13.5. The minimum atomic E-state index is -0.937. The van der Waals surface area contributed by atoms with Crippen molar-refractivity contribution in [2.45, 2.75) is 57.8 Å². The van der Waals surface area contributed by atoms with E-state index in [2.05, 4.69) is 60.5 Å². The number of rotatable bonds is 9. The largest absolute Gasteiger partial charge is 0.478 e. The zero-order valence-electron chi connectivity index (χ0n) is 22.8. The highest BCUT2D eigenvalue weighted by molar-refractivity contribution is 7.98. The lowest BCUT2D eigenvalue weighted by Crippen LogP contribution is -2.29. The Balaban J connectivity index is 1.79. The van der Waals surface area contributed by atoms with Crippen molar-refractivity contribution in [3.8, 4) is 11.1 Å². The molecule has 0 amide bonds. The molecule has 0 spiro atoms. The van der Waals surface area contributed by atoms with Crippen LogP contribution < -0.4 is 4.90 Å². The fraction of sp³-hybridized carbons (Fsp3) is 0.364. The van der Waals surface area contributed by atoms with Gasteiger partial charge in [-0.1, -0.05) is 87.0 Å². The molecule has 38 heavy (non-hydrogen) atoms. The monoisotopic (exact) mass is 547 g/mol. The molecule has 0 aromatic heterocycles. The number of anilines is 2. The van der Waals surface area contributed by atoms with E-state index in [1.165, 1.54) is 32.1 Å². The molecule has 4 rings (SSSR count). The maximum absolute atomic E-state index is 12.1. The maximum Gasteiger partial charge on any atom is 0.336 e. The van der Waals surface area contributed by atoms with Crippen LogP contribution in [0.2, 0.25) is 5.02 Å². The number of benzene rings is 3. The molecule has 1 aliphatic rings. The van der Waals surface area contributed by atoms with Crippen LogP contribution in [0.5, 0.6) is 0 Å². The molecule has 3 nitrogen and oxygen atoms in total. The quantitative estimate of drug-likeness (QED) is 0.270. The summed E-state index contributed by atoms with van der Waals surface area (Å²) in [6.45, 7) is 7.17. The van der Waals surface area contributed by atoms with Crippen LogP contribution in [0.25, 0.3) is 17.2 Å². The first kappa shape index (κ1) is 28.3. The third-order valence-corrected chi connectivity index (χ3v) is 8.89. The Hall–Kier alpha value is -2.69. The van der Waals surface area contributed by atoms with E-state index < -0.39 is 5.97 Å². The molecule has 0 saturated heterocycles. The highest BCUT2D eigenvalue weighted by Crippen LogP contribution is 2.43. The molecule has 200 valence electrons. The molecule has 1 fully saturated rings. The van der Waals surface area contributed by atoms with Gasteiger partial charge in [0, 0.05) is 22.7 Å². The van der Waals surface area contributed by atoms with E-state index in [0.717, 1.165) is 51.0 Å². The van der Waals surface area contributed by atoms with Gasteiger partial charge in [-0.05, 0) is 79.0 Å². The number of nitrogens with zero attached hydrogens (tertiary/aromatic N) is 1. The first-order valence-corrected chi connectivity index (χ1v) is 15.2. The van der Waals surface area contributed by atoms with Gasteiger partial charge in [0.05, 0.1) is 16.3 Å². The molecule has 1 atom stereocenters. The zero-order chi connectivity index (χ0) is 27.2. The van der Waals surface area contributed by atoms with Crippen LogP contribution in [0.4, 0.5) is 11.4 Å². The number of hydrogen-bond donors (Lipinski definition) is 1. The predicted molar refractivity (Wildman–Crippen MR) is 164 cm³/mol. The number of aromatic carboxylic acids is 1. The molecule has 3 aromatic carbocycles. The van der Waals surface area contributed by atoms with Crippen LogP contribution >= 0.6 is 23.4 Å². The average molecular weight is 548 g/mol. The standard InChI is InChI=1S/C33H38ClNO2S/c1-5-12-27-22(2)17-25(18-29(27)33(36)37)28-19-32(38-4)31(20-30(28)34)35(26-15-10-7-11-16-26)21-23(3)24-13-8-6-9-14-24/h5,7,10-12,15-20,23-24H,6,8-9,13-14,21H2,1-4H3,(H,36,37)/b12-5-/t23-/m0/s1. The Bertz CT molecular complexity index is 1300. The maximum atomic E-state index is 12.1. The SMILES string of the molecule is C/C=C\c1c(C)cc(-c2cc(SC)c(N(C[C@H](C)C3CCCCC3)c3ccccc3)cc2Cl)cc1C(=O)O. The fourth-order valence-corrected chi connectivity index (χ4v) is 6.63. The Morgan fingerprint density at radius 1 is 1.13 bits per heavy atom. The van der Waals surface area contributed by atoms with Crippen LogP contribution in [0.1, 0.15) is 67.4 Å². The van der Waals surface area contributed by atoms with Gasteiger partial charge in [-0.3, -0.25) is 0 Å². The van der Waals surface area contributed by atoms with Gasteiger partial charge < -0.3 is 10.0 Å². The van der Waals surface area contributed by atoms with Gasteiger partial charge in [-0.2, -0.15) is 0 Å². The van der Waals surface area contributed by atoms with Crippen molar-refractivity contribution in [3.05, 3.63) is 82.4 Å². The summed E-state index contributed by atoms with van der Waals surface area (Å²) in [4.78, 5) is 15.6. The van der Waals surface area contributed by atoms with Crippen molar-refractivity contribution >= 4 is 46.8 Å². The fourth-order valence-electron chi connectivity index (χ4n) is 5.75. The van der Waals surface area contributed by atoms with E-state index >= 15 is 0 Å². The predicted octanol–water partition coefficient (Wildman–Crippen LogP) is 10.1. The summed E-state index contributed by atoms with van der Waals surface area (Å²) in [6.07, 6.45) is 12.5.